The molecule has 0 heterocycles. The van der Waals surface area contributed by atoms with Crippen LogP contribution in [0.2, 0.25) is 0 Å². The van der Waals surface area contributed by atoms with Crippen molar-refractivity contribution in [3.63, 3.8) is 0 Å². The Bertz CT molecular complexity index is 422. The van der Waals surface area contributed by atoms with Crippen molar-refractivity contribution in [3.05, 3.63) is 29.8 Å². The fraction of sp³-hybridized carbons (Fsp3) is 0.429. The van der Waals surface area contributed by atoms with E-state index < -0.39 is 11.9 Å². The van der Waals surface area contributed by atoms with Crippen LogP contribution in [0.15, 0.2) is 24.3 Å². The molecule has 0 fully saturated rings. The molecule has 18 heavy (non-hydrogen) atoms. The van der Waals surface area contributed by atoms with Crippen molar-refractivity contribution in [1.29, 1.82) is 0 Å². The Hall–Kier alpha value is -1.84. The van der Waals surface area contributed by atoms with Gasteiger partial charge >= 0.3 is 5.97 Å². The summed E-state index contributed by atoms with van der Waals surface area (Å²) in [6.45, 7) is 3.24. The summed E-state index contributed by atoms with van der Waals surface area (Å²) in [4.78, 5) is 23.2. The van der Waals surface area contributed by atoms with E-state index in [9.17, 15) is 9.59 Å². The third-order valence-electron chi connectivity index (χ3n) is 3.03. The van der Waals surface area contributed by atoms with Crippen molar-refractivity contribution in [2.24, 2.45) is 5.92 Å². The first-order valence-electron chi connectivity index (χ1n) is 5.73. The van der Waals surface area contributed by atoms with Crippen LogP contribution in [0.25, 0.3) is 0 Å². The van der Waals surface area contributed by atoms with Gasteiger partial charge in [-0.2, -0.15) is 0 Å². The van der Waals surface area contributed by atoms with E-state index in [-0.39, 0.29) is 11.7 Å². The van der Waals surface area contributed by atoms with Crippen LogP contribution in [-0.4, -0.2) is 26.0 Å². The highest BCUT2D eigenvalue weighted by Crippen LogP contribution is 2.27. The Balaban J connectivity index is 2.97. The van der Waals surface area contributed by atoms with Gasteiger partial charge in [-0.1, -0.05) is 19.1 Å². The van der Waals surface area contributed by atoms with Gasteiger partial charge in [-0.15, -0.1) is 0 Å². The molecule has 4 nitrogen and oxygen atoms in total. The maximum Gasteiger partial charge on any atom is 0.316 e. The third kappa shape index (κ3) is 3.09. The summed E-state index contributed by atoms with van der Waals surface area (Å²) in [6.07, 6.45) is 0. The molecule has 1 rings (SSSR count). The highest BCUT2D eigenvalue weighted by atomic mass is 16.5. The van der Waals surface area contributed by atoms with E-state index >= 15 is 0 Å². The highest BCUT2D eigenvalue weighted by molar-refractivity contribution is 5.98. The second-order valence-corrected chi connectivity index (χ2v) is 4.17. The van der Waals surface area contributed by atoms with Crippen molar-refractivity contribution in [3.8, 4) is 5.75 Å². The maximum absolute atomic E-state index is 11.6. The minimum atomic E-state index is -0.761. The monoisotopic (exact) mass is 250 g/mol. The number of Topliss-reactive ketones (excluding diaryl/α,β-unsaturated/α-hetero) is 1. The first kappa shape index (κ1) is 14.2. The largest absolute Gasteiger partial charge is 0.497 e. The molecule has 0 aromatic heterocycles. The van der Waals surface area contributed by atoms with Crippen molar-refractivity contribution < 1.29 is 19.1 Å². The fourth-order valence-corrected chi connectivity index (χ4v) is 1.95. The van der Waals surface area contributed by atoms with Crippen LogP contribution in [0.4, 0.5) is 0 Å². The average Bonchev–Trinajstić information content (AvgIpc) is 2.38. The molecular weight excluding hydrogens is 232 g/mol. The second-order valence-electron chi connectivity index (χ2n) is 4.17. The van der Waals surface area contributed by atoms with Crippen LogP contribution < -0.4 is 4.74 Å². The Kier molecular flexibility index (Phi) is 4.89. The lowest BCUT2D eigenvalue weighted by Gasteiger charge is -2.19. The van der Waals surface area contributed by atoms with Gasteiger partial charge in [-0.25, -0.2) is 0 Å². The van der Waals surface area contributed by atoms with E-state index in [1.165, 1.54) is 14.0 Å². The zero-order valence-electron chi connectivity index (χ0n) is 11.1. The molecule has 0 saturated heterocycles. The predicted molar refractivity (Wildman–Crippen MR) is 67.6 cm³/mol. The summed E-state index contributed by atoms with van der Waals surface area (Å²) >= 11 is 0. The smallest absolute Gasteiger partial charge is 0.316 e. The summed E-state index contributed by atoms with van der Waals surface area (Å²) in [5, 5.41) is 0. The Labute approximate surface area is 107 Å². The number of ether oxygens (including phenoxy) is 2. The number of methoxy groups -OCH3 is 2. The molecule has 0 spiro atoms. The van der Waals surface area contributed by atoms with Crippen molar-refractivity contribution in [1.82, 2.24) is 0 Å². The molecule has 0 radical (unpaired) electrons. The molecule has 2 atom stereocenters. The van der Waals surface area contributed by atoms with Crippen LogP contribution in [-0.2, 0) is 14.3 Å². The lowest BCUT2D eigenvalue weighted by Crippen LogP contribution is -2.28. The normalized spacial score (nSPS) is 13.6. The van der Waals surface area contributed by atoms with Gasteiger partial charge in [0.15, 0.2) is 0 Å². The topological polar surface area (TPSA) is 52.6 Å². The van der Waals surface area contributed by atoms with Gasteiger partial charge in [0, 0.05) is 5.92 Å². The van der Waals surface area contributed by atoms with E-state index in [4.69, 9.17) is 4.74 Å². The molecule has 1 aromatic rings. The van der Waals surface area contributed by atoms with Crippen molar-refractivity contribution in [2.45, 2.75) is 19.8 Å². The molecule has 4 heteroatoms. The van der Waals surface area contributed by atoms with E-state index in [1.54, 1.807) is 19.2 Å². The average molecular weight is 250 g/mol. The number of esters is 1. The zero-order valence-corrected chi connectivity index (χ0v) is 11.1. The molecule has 0 amide bonds. The summed E-state index contributed by atoms with van der Waals surface area (Å²) in [7, 11) is 2.88. The molecule has 1 aromatic carbocycles. The standard InChI is InChI=1S/C14H18O4/c1-9(13(10(2)15)14(16)18-4)11-5-7-12(17-3)8-6-11/h5-9,13H,1-4H3. The Morgan fingerprint density at radius 2 is 1.67 bits per heavy atom. The van der Waals surface area contributed by atoms with E-state index in [2.05, 4.69) is 4.74 Å². The number of benzene rings is 1. The SMILES string of the molecule is COC(=O)C(C(C)=O)C(C)c1ccc(OC)cc1. The molecule has 98 valence electrons. The lowest BCUT2D eigenvalue weighted by molar-refractivity contribution is -0.149. The van der Waals surface area contributed by atoms with Crippen LogP contribution in [0.1, 0.15) is 25.3 Å². The minimum Gasteiger partial charge on any atom is -0.497 e. The number of hydrogen-bond acceptors (Lipinski definition) is 4. The van der Waals surface area contributed by atoms with Gasteiger partial charge < -0.3 is 9.47 Å². The zero-order chi connectivity index (χ0) is 13.7. The Morgan fingerprint density at radius 3 is 2.06 bits per heavy atom. The van der Waals surface area contributed by atoms with Crippen LogP contribution in [0, 0.1) is 5.92 Å². The number of rotatable bonds is 5. The minimum absolute atomic E-state index is 0.190. The third-order valence-corrected chi connectivity index (χ3v) is 3.03. The molecule has 0 saturated carbocycles. The van der Waals surface area contributed by atoms with E-state index in [1.807, 2.05) is 19.1 Å². The van der Waals surface area contributed by atoms with Crippen LogP contribution in [0.3, 0.4) is 0 Å². The fourth-order valence-electron chi connectivity index (χ4n) is 1.95. The van der Waals surface area contributed by atoms with Crippen molar-refractivity contribution in [2.75, 3.05) is 14.2 Å². The molecule has 0 aliphatic carbocycles. The highest BCUT2D eigenvalue weighted by Gasteiger charge is 2.31. The van der Waals surface area contributed by atoms with Gasteiger partial charge in [0.25, 0.3) is 0 Å². The number of ketones is 1. The maximum atomic E-state index is 11.6. The Morgan fingerprint density at radius 1 is 1.11 bits per heavy atom. The van der Waals surface area contributed by atoms with Gasteiger partial charge in [0.1, 0.15) is 17.5 Å². The number of hydrogen-bond donors (Lipinski definition) is 0. The predicted octanol–water partition coefficient (Wildman–Crippen LogP) is 2.18. The first-order valence-corrected chi connectivity index (χ1v) is 5.73. The van der Waals surface area contributed by atoms with Crippen molar-refractivity contribution >= 4 is 11.8 Å². The second kappa shape index (κ2) is 6.19. The number of carbonyl (C=O) groups is 2. The summed E-state index contributed by atoms with van der Waals surface area (Å²) in [6, 6.07) is 7.31. The van der Waals surface area contributed by atoms with E-state index in [0.29, 0.717) is 0 Å². The number of carbonyl (C=O) groups excluding carboxylic acids is 2. The van der Waals surface area contributed by atoms with Gasteiger partial charge in [-0.05, 0) is 24.6 Å². The lowest BCUT2D eigenvalue weighted by atomic mass is 9.85. The van der Waals surface area contributed by atoms with Gasteiger partial charge in [0.05, 0.1) is 14.2 Å². The van der Waals surface area contributed by atoms with Gasteiger partial charge in [0.2, 0.25) is 0 Å². The summed E-state index contributed by atoms with van der Waals surface area (Å²) in [5.74, 6) is -0.927. The summed E-state index contributed by atoms with van der Waals surface area (Å²) in [5.41, 5.74) is 0.904. The van der Waals surface area contributed by atoms with Gasteiger partial charge in [-0.3, -0.25) is 9.59 Å². The van der Waals surface area contributed by atoms with E-state index in [0.717, 1.165) is 11.3 Å². The van der Waals surface area contributed by atoms with Crippen LogP contribution >= 0.6 is 0 Å². The molecule has 0 N–H and O–H groups in total. The summed E-state index contributed by atoms with van der Waals surface area (Å²) < 4.78 is 9.74. The molecule has 0 bridgehead atoms. The molecule has 0 aliphatic heterocycles. The first-order chi connectivity index (χ1) is 8.51. The van der Waals surface area contributed by atoms with Crippen LogP contribution in [0.5, 0.6) is 5.75 Å². The molecular formula is C14H18O4. The molecule has 0 aliphatic rings. The quantitative estimate of drug-likeness (QED) is 0.593. The molecule has 2 unspecified atom stereocenters.